The highest BCUT2D eigenvalue weighted by Crippen LogP contribution is 2.32. The second-order valence-electron chi connectivity index (χ2n) is 13.7. The van der Waals surface area contributed by atoms with Gasteiger partial charge in [0.2, 0.25) is 5.91 Å². The summed E-state index contributed by atoms with van der Waals surface area (Å²) in [4.78, 5) is 33.4. The zero-order chi connectivity index (χ0) is 37.6. The van der Waals surface area contributed by atoms with E-state index in [1.165, 1.54) is 36.3 Å². The predicted molar refractivity (Wildman–Crippen MR) is 224 cm³/mol. The summed E-state index contributed by atoms with van der Waals surface area (Å²) in [5, 5.41) is 3.04. The molecular formula is C45H59N3O2S2. The minimum absolute atomic E-state index is 0.144. The molecule has 1 amide bonds. The molecule has 4 aromatic rings. The van der Waals surface area contributed by atoms with E-state index in [4.69, 9.17) is 0 Å². The van der Waals surface area contributed by atoms with Crippen LogP contribution in [-0.2, 0) is 16.0 Å². The molecule has 0 aromatic heterocycles. The number of amides is 1. The van der Waals surface area contributed by atoms with Crippen LogP contribution in [0.5, 0.6) is 0 Å². The number of hydrogen-bond donors (Lipinski definition) is 1. The van der Waals surface area contributed by atoms with Crippen LogP contribution in [0.15, 0.2) is 123 Å². The van der Waals surface area contributed by atoms with Crippen LogP contribution in [0.25, 0.3) is 6.08 Å². The van der Waals surface area contributed by atoms with Crippen molar-refractivity contribution in [3.63, 3.8) is 0 Å². The Labute approximate surface area is 322 Å². The van der Waals surface area contributed by atoms with Crippen LogP contribution in [0.2, 0.25) is 0 Å². The van der Waals surface area contributed by atoms with Crippen LogP contribution in [0.3, 0.4) is 0 Å². The van der Waals surface area contributed by atoms with Gasteiger partial charge in [-0.15, -0.1) is 0 Å². The summed E-state index contributed by atoms with van der Waals surface area (Å²) in [7, 11) is 8.31. The van der Waals surface area contributed by atoms with E-state index in [0.29, 0.717) is 12.8 Å². The fourth-order valence-electron chi connectivity index (χ4n) is 5.28. The highest BCUT2D eigenvalue weighted by molar-refractivity contribution is 7.99. The quantitative estimate of drug-likeness (QED) is 0.0720. The minimum Gasteiger partial charge on any atom is -0.356 e. The molecule has 278 valence electrons. The van der Waals surface area contributed by atoms with Crippen molar-refractivity contribution in [3.05, 3.63) is 125 Å². The Balaban J connectivity index is 0.000000280. The van der Waals surface area contributed by atoms with E-state index >= 15 is 0 Å². The van der Waals surface area contributed by atoms with Gasteiger partial charge in [0.15, 0.2) is 5.78 Å². The van der Waals surface area contributed by atoms with Gasteiger partial charge in [0.1, 0.15) is 0 Å². The molecule has 0 bridgehead atoms. The van der Waals surface area contributed by atoms with E-state index in [-0.39, 0.29) is 11.7 Å². The molecular weight excluding hydrogens is 679 g/mol. The molecule has 4 aromatic carbocycles. The lowest BCUT2D eigenvalue weighted by molar-refractivity contribution is -0.121. The number of rotatable bonds is 20. The number of hydrogen-bond acceptors (Lipinski definition) is 6. The Hall–Kier alpha value is -3.62. The van der Waals surface area contributed by atoms with Crippen LogP contribution < -0.4 is 5.32 Å². The third kappa shape index (κ3) is 18.2. The normalized spacial score (nSPS) is 11.2. The molecule has 1 N–H and O–H groups in total. The molecule has 52 heavy (non-hydrogen) atoms. The number of allylic oxidation sites excluding steroid dienone is 1. The number of ketones is 1. The smallest absolute Gasteiger partial charge is 0.220 e. The van der Waals surface area contributed by atoms with Gasteiger partial charge < -0.3 is 15.1 Å². The van der Waals surface area contributed by atoms with Crippen molar-refractivity contribution in [3.8, 4) is 0 Å². The number of carbonyl (C=O) groups excluding carboxylic acids is 2. The second kappa shape index (κ2) is 24.6. The Morgan fingerprint density at radius 2 is 1.15 bits per heavy atom. The maximum Gasteiger partial charge on any atom is 0.220 e. The Kier molecular flexibility index (Phi) is 20.2. The summed E-state index contributed by atoms with van der Waals surface area (Å²) in [5.41, 5.74) is 4.86. The van der Waals surface area contributed by atoms with Gasteiger partial charge in [-0.2, -0.15) is 0 Å². The summed E-state index contributed by atoms with van der Waals surface area (Å²) < 4.78 is 0. The summed E-state index contributed by atoms with van der Waals surface area (Å²) >= 11 is 3.50. The minimum atomic E-state index is 0.144. The van der Waals surface area contributed by atoms with E-state index in [1.54, 1.807) is 29.6 Å². The standard InChI is InChI=1S/C23H29NOS.C22H30N2OS/c1-19-12-16-22(17-13-19)26-23-11-7-6-9-20(23)14-15-21(25)10-5-4-8-18-24(2)3;1-18-10-13-20(14-11-18)26-21-9-5-4-8-19(21)12-15-22(25)23-16-6-7-17-24(2)3/h6-7,9,11-17H,4-5,8,10,18H2,1-3H3;4-5,8-11,13-14H,6-7,12,15-17H2,1-3H3,(H,23,25)/b15-14-;. The van der Waals surface area contributed by atoms with E-state index in [1.807, 2.05) is 24.3 Å². The molecule has 0 saturated carbocycles. The summed E-state index contributed by atoms with van der Waals surface area (Å²) in [6, 6.07) is 33.7. The summed E-state index contributed by atoms with van der Waals surface area (Å²) in [6.07, 6.45) is 11.0. The highest BCUT2D eigenvalue weighted by Gasteiger charge is 2.08. The van der Waals surface area contributed by atoms with Gasteiger partial charge in [0.05, 0.1) is 0 Å². The first-order valence-corrected chi connectivity index (χ1v) is 20.2. The van der Waals surface area contributed by atoms with Crippen LogP contribution in [0.4, 0.5) is 0 Å². The zero-order valence-corrected chi connectivity index (χ0v) is 33.8. The fraction of sp³-hybridized carbons (Fsp3) is 0.378. The van der Waals surface area contributed by atoms with Gasteiger partial charge in [-0.25, -0.2) is 0 Å². The molecule has 0 aliphatic rings. The molecule has 0 heterocycles. The third-order valence-electron chi connectivity index (χ3n) is 8.34. The second-order valence-corrected chi connectivity index (χ2v) is 16.0. The third-order valence-corrected chi connectivity index (χ3v) is 10.6. The molecule has 0 unspecified atom stereocenters. The topological polar surface area (TPSA) is 52.7 Å². The fourth-order valence-corrected chi connectivity index (χ4v) is 7.18. The Morgan fingerprint density at radius 1 is 0.615 bits per heavy atom. The largest absolute Gasteiger partial charge is 0.356 e. The number of nitrogens with zero attached hydrogens (tertiary/aromatic N) is 2. The predicted octanol–water partition coefficient (Wildman–Crippen LogP) is 10.4. The molecule has 0 atom stereocenters. The number of carbonyl (C=O) groups is 2. The van der Waals surface area contributed by atoms with E-state index < -0.39 is 0 Å². The maximum absolute atomic E-state index is 12.1. The lowest BCUT2D eigenvalue weighted by atomic mass is 10.1. The number of benzene rings is 4. The molecule has 0 fully saturated rings. The lowest BCUT2D eigenvalue weighted by Gasteiger charge is -2.11. The maximum atomic E-state index is 12.1. The average Bonchev–Trinajstić information content (AvgIpc) is 3.12. The molecule has 0 spiro atoms. The van der Waals surface area contributed by atoms with Gasteiger partial charge in [-0.05, 0) is 141 Å². The van der Waals surface area contributed by atoms with Crippen LogP contribution in [0, 0.1) is 13.8 Å². The van der Waals surface area contributed by atoms with Crippen molar-refractivity contribution >= 4 is 41.3 Å². The molecule has 5 nitrogen and oxygen atoms in total. The number of aryl methyl sites for hydroxylation is 3. The lowest BCUT2D eigenvalue weighted by Crippen LogP contribution is -2.25. The first-order chi connectivity index (χ1) is 25.1. The Bertz CT molecular complexity index is 1650. The van der Waals surface area contributed by atoms with E-state index in [2.05, 4.69) is 136 Å². The van der Waals surface area contributed by atoms with Crippen molar-refractivity contribution in [2.75, 3.05) is 47.8 Å². The Morgan fingerprint density at radius 3 is 1.77 bits per heavy atom. The molecule has 0 saturated heterocycles. The average molecular weight is 738 g/mol. The van der Waals surface area contributed by atoms with Crippen molar-refractivity contribution in [2.45, 2.75) is 84.8 Å². The molecule has 0 aliphatic heterocycles. The first kappa shape index (κ1) is 42.8. The van der Waals surface area contributed by atoms with Crippen molar-refractivity contribution < 1.29 is 9.59 Å². The van der Waals surface area contributed by atoms with Crippen LogP contribution in [-0.4, -0.2) is 69.3 Å². The first-order valence-electron chi connectivity index (χ1n) is 18.5. The molecule has 4 rings (SSSR count). The van der Waals surface area contributed by atoms with Crippen molar-refractivity contribution in [2.24, 2.45) is 0 Å². The van der Waals surface area contributed by atoms with Crippen LogP contribution >= 0.6 is 23.5 Å². The van der Waals surface area contributed by atoms with E-state index in [9.17, 15) is 9.59 Å². The van der Waals surface area contributed by atoms with Gasteiger partial charge in [-0.3, -0.25) is 9.59 Å². The summed E-state index contributed by atoms with van der Waals surface area (Å²) in [6.45, 7) is 7.12. The highest BCUT2D eigenvalue weighted by atomic mass is 32.2. The molecule has 0 radical (unpaired) electrons. The molecule has 7 heteroatoms. The van der Waals surface area contributed by atoms with Gasteiger partial charge in [0, 0.05) is 39.0 Å². The van der Waals surface area contributed by atoms with Gasteiger partial charge in [0.25, 0.3) is 0 Å². The molecule has 0 aliphatic carbocycles. The SMILES string of the molecule is Cc1ccc(Sc2ccccc2/C=C\C(=O)CCCCCN(C)C)cc1.Cc1ccc(Sc2ccccc2CCC(=O)NCCCCN(C)C)cc1. The van der Waals surface area contributed by atoms with Crippen molar-refractivity contribution in [1.29, 1.82) is 0 Å². The zero-order valence-electron chi connectivity index (χ0n) is 32.2. The van der Waals surface area contributed by atoms with E-state index in [0.717, 1.165) is 63.7 Å². The number of nitrogens with one attached hydrogen (secondary N) is 1. The van der Waals surface area contributed by atoms with Crippen molar-refractivity contribution in [1.82, 2.24) is 15.1 Å². The van der Waals surface area contributed by atoms with Crippen LogP contribution in [0.1, 0.15) is 67.2 Å². The van der Waals surface area contributed by atoms with Gasteiger partial charge >= 0.3 is 0 Å². The number of unbranched alkanes of at least 4 members (excludes halogenated alkanes) is 3. The van der Waals surface area contributed by atoms with Gasteiger partial charge in [-0.1, -0.05) is 108 Å². The summed E-state index contributed by atoms with van der Waals surface area (Å²) in [5.74, 6) is 0.356. The monoisotopic (exact) mass is 737 g/mol.